The maximum absolute atomic E-state index is 12.2. The minimum absolute atomic E-state index is 0.00375. The highest BCUT2D eigenvalue weighted by atomic mass is 16.2. The van der Waals surface area contributed by atoms with E-state index in [-0.39, 0.29) is 11.9 Å². The molecule has 2 unspecified atom stereocenters. The molecule has 1 aliphatic rings. The van der Waals surface area contributed by atoms with Gasteiger partial charge in [0.1, 0.15) is 5.69 Å². The van der Waals surface area contributed by atoms with Crippen LogP contribution in [0.1, 0.15) is 29.8 Å². The Labute approximate surface area is 102 Å². The highest BCUT2D eigenvalue weighted by Gasteiger charge is 2.32. The summed E-state index contributed by atoms with van der Waals surface area (Å²) in [4.78, 5) is 18.1. The molecule has 17 heavy (non-hydrogen) atoms. The van der Waals surface area contributed by atoms with E-state index < -0.39 is 0 Å². The van der Waals surface area contributed by atoms with Crippen LogP contribution in [0.3, 0.4) is 0 Å². The number of rotatable bonds is 3. The Bertz CT molecular complexity index is 401. The topological polar surface area (TPSA) is 64.2 Å². The molecule has 1 fully saturated rings. The van der Waals surface area contributed by atoms with Crippen LogP contribution in [0.25, 0.3) is 0 Å². The highest BCUT2D eigenvalue weighted by Crippen LogP contribution is 2.29. The van der Waals surface area contributed by atoms with Gasteiger partial charge < -0.3 is 15.2 Å². The van der Waals surface area contributed by atoms with E-state index in [2.05, 4.69) is 4.98 Å². The molecule has 2 N–H and O–H groups in total. The third kappa shape index (κ3) is 2.34. The van der Waals surface area contributed by atoms with Crippen LogP contribution in [0.2, 0.25) is 0 Å². The van der Waals surface area contributed by atoms with Crippen molar-refractivity contribution in [1.29, 1.82) is 0 Å². The number of carbonyl (C=O) groups is 1. The second kappa shape index (κ2) is 4.87. The molecular formula is C12H20N4O. The molecule has 1 saturated carbocycles. The zero-order valence-corrected chi connectivity index (χ0v) is 10.5. The van der Waals surface area contributed by atoms with E-state index in [1.54, 1.807) is 17.1 Å². The average molecular weight is 236 g/mol. The lowest BCUT2D eigenvalue weighted by Gasteiger charge is -2.28. The summed E-state index contributed by atoms with van der Waals surface area (Å²) in [6.07, 6.45) is 6.74. The van der Waals surface area contributed by atoms with Crippen molar-refractivity contribution in [3.8, 4) is 0 Å². The predicted octanol–water partition coefficient (Wildman–Crippen LogP) is 0.620. The molecular weight excluding hydrogens is 216 g/mol. The Kier molecular flexibility index (Phi) is 3.47. The first kappa shape index (κ1) is 12.1. The lowest BCUT2D eigenvalue weighted by atomic mass is 10.0. The minimum Gasteiger partial charge on any atom is -0.340 e. The maximum Gasteiger partial charge on any atom is 0.274 e. The van der Waals surface area contributed by atoms with Gasteiger partial charge in [-0.05, 0) is 25.3 Å². The van der Waals surface area contributed by atoms with Crippen molar-refractivity contribution < 1.29 is 4.79 Å². The first-order valence-electron chi connectivity index (χ1n) is 6.08. The van der Waals surface area contributed by atoms with Crippen LogP contribution < -0.4 is 5.73 Å². The highest BCUT2D eigenvalue weighted by molar-refractivity contribution is 5.92. The number of aryl methyl sites for hydroxylation is 1. The van der Waals surface area contributed by atoms with Gasteiger partial charge in [-0.25, -0.2) is 4.98 Å². The number of hydrogen-bond donors (Lipinski definition) is 1. The van der Waals surface area contributed by atoms with Crippen molar-refractivity contribution in [3.05, 3.63) is 18.2 Å². The van der Waals surface area contributed by atoms with Crippen LogP contribution in [-0.2, 0) is 7.05 Å². The van der Waals surface area contributed by atoms with Gasteiger partial charge in [0, 0.05) is 26.3 Å². The summed E-state index contributed by atoms with van der Waals surface area (Å²) in [5, 5.41) is 0. The fourth-order valence-corrected chi connectivity index (χ4v) is 2.66. The number of imidazole rings is 1. The standard InChI is InChI=1S/C12H20N4O/c1-15-7-10(14-8-15)12(17)16(2)11-5-3-4-9(11)6-13/h7-9,11H,3-6,13H2,1-2H3. The largest absolute Gasteiger partial charge is 0.340 e. The fraction of sp³-hybridized carbons (Fsp3) is 0.667. The van der Waals surface area contributed by atoms with E-state index in [0.717, 1.165) is 19.3 Å². The van der Waals surface area contributed by atoms with Crippen LogP contribution in [0, 0.1) is 5.92 Å². The van der Waals surface area contributed by atoms with Crippen molar-refractivity contribution in [1.82, 2.24) is 14.5 Å². The number of carbonyl (C=O) groups excluding carboxylic acids is 1. The van der Waals surface area contributed by atoms with Crippen LogP contribution in [-0.4, -0.2) is 40.0 Å². The van der Waals surface area contributed by atoms with E-state index in [1.807, 2.05) is 19.0 Å². The Balaban J connectivity index is 2.09. The van der Waals surface area contributed by atoms with E-state index in [1.165, 1.54) is 0 Å². The molecule has 0 aromatic carbocycles. The van der Waals surface area contributed by atoms with Crippen molar-refractivity contribution >= 4 is 5.91 Å². The number of nitrogens with zero attached hydrogens (tertiary/aromatic N) is 3. The van der Waals surface area contributed by atoms with Crippen molar-refractivity contribution in [2.75, 3.05) is 13.6 Å². The quantitative estimate of drug-likeness (QED) is 0.836. The van der Waals surface area contributed by atoms with Crippen LogP contribution >= 0.6 is 0 Å². The van der Waals surface area contributed by atoms with Gasteiger partial charge in [0.25, 0.3) is 5.91 Å². The van der Waals surface area contributed by atoms with Gasteiger partial charge in [0.05, 0.1) is 6.33 Å². The molecule has 2 atom stereocenters. The molecule has 1 heterocycles. The molecule has 5 nitrogen and oxygen atoms in total. The lowest BCUT2D eigenvalue weighted by molar-refractivity contribution is 0.0694. The van der Waals surface area contributed by atoms with Crippen molar-refractivity contribution in [3.63, 3.8) is 0 Å². The zero-order chi connectivity index (χ0) is 12.4. The number of aromatic nitrogens is 2. The summed E-state index contributed by atoms with van der Waals surface area (Å²) in [5.74, 6) is 0.434. The van der Waals surface area contributed by atoms with Crippen molar-refractivity contribution in [2.24, 2.45) is 18.7 Å². The van der Waals surface area contributed by atoms with Crippen LogP contribution in [0.5, 0.6) is 0 Å². The number of nitrogens with two attached hydrogens (primary N) is 1. The smallest absolute Gasteiger partial charge is 0.274 e. The maximum atomic E-state index is 12.2. The molecule has 1 aromatic rings. The van der Waals surface area contributed by atoms with E-state index in [4.69, 9.17) is 5.73 Å². The number of amides is 1. The first-order chi connectivity index (χ1) is 8.13. The Hall–Kier alpha value is -1.36. The molecule has 0 aliphatic heterocycles. The third-order valence-corrected chi connectivity index (χ3v) is 3.66. The molecule has 1 aromatic heterocycles. The van der Waals surface area contributed by atoms with Gasteiger partial charge in [-0.1, -0.05) is 6.42 Å². The summed E-state index contributed by atoms with van der Waals surface area (Å²) in [6, 6.07) is 0.273. The molecule has 0 radical (unpaired) electrons. The van der Waals surface area contributed by atoms with Crippen LogP contribution in [0.4, 0.5) is 0 Å². The average Bonchev–Trinajstić information content (AvgIpc) is 2.95. The van der Waals surface area contributed by atoms with Gasteiger partial charge in [-0.2, -0.15) is 0 Å². The fourth-order valence-electron chi connectivity index (χ4n) is 2.66. The lowest BCUT2D eigenvalue weighted by Crippen LogP contribution is -2.41. The van der Waals surface area contributed by atoms with E-state index in [0.29, 0.717) is 18.2 Å². The Morgan fingerprint density at radius 2 is 2.41 bits per heavy atom. The number of hydrogen-bond acceptors (Lipinski definition) is 3. The van der Waals surface area contributed by atoms with E-state index >= 15 is 0 Å². The minimum atomic E-state index is -0.00375. The van der Waals surface area contributed by atoms with Gasteiger partial charge in [-0.3, -0.25) is 4.79 Å². The zero-order valence-electron chi connectivity index (χ0n) is 10.5. The van der Waals surface area contributed by atoms with Gasteiger partial charge >= 0.3 is 0 Å². The normalized spacial score (nSPS) is 23.9. The molecule has 1 aliphatic carbocycles. The van der Waals surface area contributed by atoms with Crippen LogP contribution in [0.15, 0.2) is 12.5 Å². The van der Waals surface area contributed by atoms with E-state index in [9.17, 15) is 4.79 Å². The molecule has 5 heteroatoms. The molecule has 1 amide bonds. The third-order valence-electron chi connectivity index (χ3n) is 3.66. The van der Waals surface area contributed by atoms with Gasteiger partial charge in [0.15, 0.2) is 0 Å². The molecule has 94 valence electrons. The summed E-state index contributed by atoms with van der Waals surface area (Å²) < 4.78 is 1.79. The second-order valence-electron chi connectivity index (χ2n) is 4.83. The van der Waals surface area contributed by atoms with Crippen molar-refractivity contribution in [2.45, 2.75) is 25.3 Å². The van der Waals surface area contributed by atoms with Gasteiger partial charge in [-0.15, -0.1) is 0 Å². The molecule has 0 spiro atoms. The monoisotopic (exact) mass is 236 g/mol. The molecule has 0 saturated heterocycles. The summed E-state index contributed by atoms with van der Waals surface area (Å²) in [6.45, 7) is 0.657. The first-order valence-corrected chi connectivity index (χ1v) is 6.08. The summed E-state index contributed by atoms with van der Waals surface area (Å²) in [7, 11) is 3.72. The second-order valence-corrected chi connectivity index (χ2v) is 4.83. The summed E-state index contributed by atoms with van der Waals surface area (Å²) >= 11 is 0. The SMILES string of the molecule is CN(C(=O)c1cn(C)cn1)C1CCCC1CN. The molecule has 0 bridgehead atoms. The molecule has 2 rings (SSSR count). The Morgan fingerprint density at radius 1 is 1.65 bits per heavy atom. The summed E-state index contributed by atoms with van der Waals surface area (Å²) in [5.41, 5.74) is 6.26. The Morgan fingerprint density at radius 3 is 3.00 bits per heavy atom. The van der Waals surface area contributed by atoms with Gasteiger partial charge in [0.2, 0.25) is 0 Å². The predicted molar refractivity (Wildman–Crippen MR) is 65.5 cm³/mol.